The summed E-state index contributed by atoms with van der Waals surface area (Å²) < 4.78 is 27.2. The normalized spacial score (nSPS) is 11.5. The highest BCUT2D eigenvalue weighted by molar-refractivity contribution is 7.92. The van der Waals surface area contributed by atoms with Crippen LogP contribution in [0.3, 0.4) is 0 Å². The largest absolute Gasteiger partial charge is 0.393 e. The van der Waals surface area contributed by atoms with Gasteiger partial charge in [0.15, 0.2) is 0 Å². The van der Waals surface area contributed by atoms with Crippen LogP contribution in [0, 0.1) is 16.0 Å². The number of anilines is 2. The van der Waals surface area contributed by atoms with Crippen LogP contribution in [0.4, 0.5) is 17.1 Å². The van der Waals surface area contributed by atoms with Gasteiger partial charge in [-0.1, -0.05) is 26.0 Å². The third-order valence-corrected chi connectivity index (χ3v) is 5.12. The molecular formula is C17H21N3O4S. The molecule has 0 amide bonds. The van der Waals surface area contributed by atoms with Crippen molar-refractivity contribution in [3.8, 4) is 0 Å². The zero-order valence-electron chi connectivity index (χ0n) is 14.1. The fourth-order valence-electron chi connectivity index (χ4n) is 2.27. The lowest BCUT2D eigenvalue weighted by Crippen LogP contribution is -2.13. The van der Waals surface area contributed by atoms with E-state index in [0.717, 1.165) is 24.5 Å². The summed E-state index contributed by atoms with van der Waals surface area (Å²) in [6.45, 7) is 4.27. The first kappa shape index (κ1) is 18.7. The van der Waals surface area contributed by atoms with Crippen LogP contribution >= 0.6 is 0 Å². The van der Waals surface area contributed by atoms with Crippen molar-refractivity contribution in [3.63, 3.8) is 0 Å². The number of rotatable bonds is 7. The molecule has 0 aromatic heterocycles. The number of hydrogen-bond acceptors (Lipinski definition) is 5. The first-order chi connectivity index (χ1) is 11.7. The van der Waals surface area contributed by atoms with E-state index in [0.29, 0.717) is 5.92 Å². The van der Waals surface area contributed by atoms with Crippen molar-refractivity contribution in [2.45, 2.75) is 31.6 Å². The average Bonchev–Trinajstić information content (AvgIpc) is 2.54. The zero-order chi connectivity index (χ0) is 18.6. The highest BCUT2D eigenvalue weighted by Crippen LogP contribution is 2.26. The highest BCUT2D eigenvalue weighted by Gasteiger charge is 2.17. The molecule has 7 nitrogen and oxygen atoms in total. The van der Waals surface area contributed by atoms with Gasteiger partial charge < -0.3 is 5.73 Å². The quantitative estimate of drug-likeness (QED) is 0.443. The van der Waals surface area contributed by atoms with Crippen LogP contribution in [-0.4, -0.2) is 13.3 Å². The van der Waals surface area contributed by atoms with Gasteiger partial charge in [0.05, 0.1) is 15.5 Å². The van der Waals surface area contributed by atoms with Crippen LogP contribution in [0.15, 0.2) is 47.4 Å². The Labute approximate surface area is 147 Å². The number of benzene rings is 2. The van der Waals surface area contributed by atoms with Gasteiger partial charge in [-0.25, -0.2) is 8.42 Å². The molecule has 2 aromatic carbocycles. The molecule has 3 N–H and O–H groups in total. The molecule has 0 aliphatic heterocycles. The minimum atomic E-state index is -3.83. The van der Waals surface area contributed by atoms with Crippen LogP contribution in [0.5, 0.6) is 0 Å². The van der Waals surface area contributed by atoms with E-state index < -0.39 is 14.9 Å². The van der Waals surface area contributed by atoms with E-state index in [2.05, 4.69) is 18.6 Å². The summed E-state index contributed by atoms with van der Waals surface area (Å²) in [6.07, 6.45) is 1.91. The number of aryl methyl sites for hydroxylation is 1. The smallest absolute Gasteiger partial charge is 0.294 e. The van der Waals surface area contributed by atoms with Gasteiger partial charge in [0.1, 0.15) is 5.69 Å². The first-order valence-corrected chi connectivity index (χ1v) is 9.33. The molecule has 0 radical (unpaired) electrons. The predicted molar refractivity (Wildman–Crippen MR) is 97.9 cm³/mol. The Balaban J connectivity index is 2.19. The lowest BCUT2D eigenvalue weighted by molar-refractivity contribution is -0.383. The van der Waals surface area contributed by atoms with E-state index in [1.165, 1.54) is 24.3 Å². The number of nitrogens with one attached hydrogen (secondary N) is 1. The Bertz CT molecular complexity index is 862. The summed E-state index contributed by atoms with van der Waals surface area (Å²) in [6, 6.07) is 10.4. The van der Waals surface area contributed by atoms with E-state index in [4.69, 9.17) is 5.73 Å². The number of nitrogens with zero attached hydrogens (tertiary/aromatic N) is 1. The molecule has 134 valence electrons. The molecule has 8 heteroatoms. The van der Waals surface area contributed by atoms with E-state index in [1.807, 2.05) is 0 Å². The summed E-state index contributed by atoms with van der Waals surface area (Å²) in [7, 11) is -3.83. The van der Waals surface area contributed by atoms with Crippen LogP contribution in [0.1, 0.15) is 25.8 Å². The van der Waals surface area contributed by atoms with Crippen molar-refractivity contribution >= 4 is 27.1 Å². The Kier molecular flexibility index (Phi) is 5.63. The number of nitro benzene ring substituents is 1. The van der Waals surface area contributed by atoms with Gasteiger partial charge in [-0.2, -0.15) is 0 Å². The van der Waals surface area contributed by atoms with Crippen molar-refractivity contribution in [2.24, 2.45) is 5.92 Å². The second-order valence-corrected chi connectivity index (χ2v) is 7.90. The van der Waals surface area contributed by atoms with E-state index in [1.54, 1.807) is 12.1 Å². The van der Waals surface area contributed by atoms with Crippen molar-refractivity contribution in [1.82, 2.24) is 0 Å². The molecule has 0 aliphatic rings. The lowest BCUT2D eigenvalue weighted by atomic mass is 10.0. The Morgan fingerprint density at radius 2 is 1.80 bits per heavy atom. The predicted octanol–water partition coefficient (Wildman–Crippen LogP) is 3.57. The maximum absolute atomic E-state index is 12.4. The summed E-state index contributed by atoms with van der Waals surface area (Å²) in [5.41, 5.74) is 6.30. The monoisotopic (exact) mass is 363 g/mol. The Hall–Kier alpha value is -2.61. The fraction of sp³-hybridized carbons (Fsp3) is 0.294. The molecule has 25 heavy (non-hydrogen) atoms. The summed E-state index contributed by atoms with van der Waals surface area (Å²) in [5.74, 6) is 0.575. The molecule has 0 unspecified atom stereocenters. The molecule has 0 aliphatic carbocycles. The lowest BCUT2D eigenvalue weighted by Gasteiger charge is -2.10. The molecule has 2 aromatic rings. The maximum atomic E-state index is 12.4. The molecule has 2 rings (SSSR count). The molecule has 0 fully saturated rings. The van der Waals surface area contributed by atoms with Crippen molar-refractivity contribution in [2.75, 3.05) is 10.5 Å². The number of nitrogen functional groups attached to an aromatic ring is 1. The number of sulfonamides is 1. The maximum Gasteiger partial charge on any atom is 0.294 e. The van der Waals surface area contributed by atoms with Crippen molar-refractivity contribution < 1.29 is 13.3 Å². The molecule has 0 atom stereocenters. The minimum absolute atomic E-state index is 0.0255. The van der Waals surface area contributed by atoms with Gasteiger partial charge in [0.2, 0.25) is 0 Å². The van der Waals surface area contributed by atoms with Gasteiger partial charge >= 0.3 is 0 Å². The standard InChI is InChI=1S/C17H21N3O4S/c1-12(2)3-4-13-5-8-15(9-6-13)25(23,24)19-14-7-10-16(18)17(11-14)20(21)22/h5-12,19H,3-4,18H2,1-2H3. The SMILES string of the molecule is CC(C)CCc1ccc(S(=O)(=O)Nc2ccc(N)c([N+](=O)[O-])c2)cc1. The molecule has 0 heterocycles. The molecule has 0 spiro atoms. The van der Waals surface area contributed by atoms with Gasteiger partial charge in [0, 0.05) is 6.07 Å². The molecular weight excluding hydrogens is 342 g/mol. The van der Waals surface area contributed by atoms with Crippen LogP contribution < -0.4 is 10.5 Å². The Morgan fingerprint density at radius 3 is 2.36 bits per heavy atom. The van der Waals surface area contributed by atoms with E-state index >= 15 is 0 Å². The third-order valence-electron chi connectivity index (χ3n) is 3.72. The zero-order valence-corrected chi connectivity index (χ0v) is 14.9. The number of nitrogens with two attached hydrogens (primary N) is 1. The van der Waals surface area contributed by atoms with Crippen LogP contribution in [0.25, 0.3) is 0 Å². The summed E-state index contributed by atoms with van der Waals surface area (Å²) >= 11 is 0. The number of nitro groups is 1. The van der Waals surface area contributed by atoms with Gasteiger partial charge in [0.25, 0.3) is 15.7 Å². The second kappa shape index (κ2) is 7.52. The first-order valence-electron chi connectivity index (χ1n) is 7.84. The highest BCUT2D eigenvalue weighted by atomic mass is 32.2. The van der Waals surface area contributed by atoms with Gasteiger partial charge in [-0.15, -0.1) is 0 Å². The topological polar surface area (TPSA) is 115 Å². The van der Waals surface area contributed by atoms with Gasteiger partial charge in [-0.3, -0.25) is 14.8 Å². The van der Waals surface area contributed by atoms with Crippen molar-refractivity contribution in [3.05, 3.63) is 58.1 Å². The Morgan fingerprint density at radius 1 is 1.16 bits per heavy atom. The van der Waals surface area contributed by atoms with E-state index in [-0.39, 0.29) is 22.0 Å². The molecule has 0 bridgehead atoms. The average molecular weight is 363 g/mol. The van der Waals surface area contributed by atoms with Crippen LogP contribution in [-0.2, 0) is 16.4 Å². The fourth-order valence-corrected chi connectivity index (χ4v) is 3.32. The second-order valence-electron chi connectivity index (χ2n) is 6.21. The number of hydrogen-bond donors (Lipinski definition) is 2. The molecule has 0 saturated carbocycles. The minimum Gasteiger partial charge on any atom is -0.393 e. The van der Waals surface area contributed by atoms with Gasteiger partial charge in [-0.05, 0) is 48.6 Å². The summed E-state index contributed by atoms with van der Waals surface area (Å²) in [5, 5.41) is 10.9. The van der Waals surface area contributed by atoms with Crippen LogP contribution in [0.2, 0.25) is 0 Å². The third kappa shape index (κ3) is 4.93. The molecule has 0 saturated heterocycles. The van der Waals surface area contributed by atoms with Crippen molar-refractivity contribution in [1.29, 1.82) is 0 Å². The summed E-state index contributed by atoms with van der Waals surface area (Å²) in [4.78, 5) is 10.3. The van der Waals surface area contributed by atoms with E-state index in [9.17, 15) is 18.5 Å².